The molecule has 2 aromatic heterocycles. The fraction of sp³-hybridized carbons (Fsp3) is 0.0556. The number of rotatable bonds is 3. The van der Waals surface area contributed by atoms with Crippen molar-refractivity contribution in [3.63, 3.8) is 0 Å². The number of H-pyrrole nitrogens is 1. The molecule has 6 heteroatoms. The summed E-state index contributed by atoms with van der Waals surface area (Å²) in [4.78, 5) is 26.3. The number of carbonyl (C=O) groups is 1. The molecule has 6 nitrogen and oxygen atoms in total. The molecule has 0 saturated heterocycles. The fourth-order valence-corrected chi connectivity index (χ4v) is 2.87. The van der Waals surface area contributed by atoms with Gasteiger partial charge in [0, 0.05) is 18.1 Å². The van der Waals surface area contributed by atoms with Gasteiger partial charge in [-0.3, -0.25) is 9.59 Å². The third-order valence-electron chi connectivity index (χ3n) is 3.98. The molecule has 0 radical (unpaired) electrons. The van der Waals surface area contributed by atoms with Crippen LogP contribution in [0.15, 0.2) is 59.4 Å². The van der Waals surface area contributed by atoms with E-state index >= 15 is 0 Å². The normalized spacial score (nSPS) is 11.2. The molecule has 0 atom stereocenters. The molecule has 118 valence electrons. The van der Waals surface area contributed by atoms with E-state index in [-0.39, 0.29) is 5.56 Å². The second kappa shape index (κ2) is 5.34. The smallest absolute Gasteiger partial charge is 0.259 e. The van der Waals surface area contributed by atoms with Gasteiger partial charge in [0.15, 0.2) is 0 Å². The lowest BCUT2D eigenvalue weighted by Gasteiger charge is -2.01. The fourth-order valence-electron chi connectivity index (χ4n) is 2.87. The number of nitrogens with one attached hydrogen (secondary N) is 1. The first-order valence-electron chi connectivity index (χ1n) is 7.50. The third-order valence-corrected chi connectivity index (χ3v) is 3.98. The lowest BCUT2D eigenvalue weighted by Crippen LogP contribution is -2.11. The maximum absolute atomic E-state index is 12.1. The van der Waals surface area contributed by atoms with Gasteiger partial charge in [-0.2, -0.15) is 5.10 Å². The molecule has 2 aromatic carbocycles. The minimum atomic E-state index is -0.456. The van der Waals surface area contributed by atoms with Crippen LogP contribution in [0.5, 0.6) is 0 Å². The van der Waals surface area contributed by atoms with Crippen LogP contribution in [0.1, 0.15) is 21.6 Å². The standard InChI is InChI=1S/C18H14N4O2/c19-17(23)12-5-3-4-11(8-12)9-13-10-16-20-18(24)14-6-1-2-7-15(14)22(16)21-13/h1-8,10H,9H2,(H2,19,23)(H,20,24). The molecule has 2 heterocycles. The highest BCUT2D eigenvalue weighted by molar-refractivity contribution is 5.92. The van der Waals surface area contributed by atoms with Gasteiger partial charge in [-0.1, -0.05) is 24.3 Å². The molecular weight excluding hydrogens is 304 g/mol. The molecule has 3 N–H and O–H groups in total. The Hall–Kier alpha value is -3.41. The first-order valence-corrected chi connectivity index (χ1v) is 7.50. The molecule has 0 fully saturated rings. The van der Waals surface area contributed by atoms with E-state index in [4.69, 9.17) is 5.73 Å². The summed E-state index contributed by atoms with van der Waals surface area (Å²) in [7, 11) is 0. The number of nitrogens with two attached hydrogens (primary N) is 1. The van der Waals surface area contributed by atoms with Crippen molar-refractivity contribution < 1.29 is 4.79 Å². The highest BCUT2D eigenvalue weighted by Crippen LogP contribution is 2.15. The van der Waals surface area contributed by atoms with Gasteiger partial charge in [0.1, 0.15) is 5.65 Å². The molecule has 0 aliphatic carbocycles. The van der Waals surface area contributed by atoms with Crippen LogP contribution in [-0.4, -0.2) is 20.5 Å². The van der Waals surface area contributed by atoms with Gasteiger partial charge >= 0.3 is 0 Å². The summed E-state index contributed by atoms with van der Waals surface area (Å²) in [5.41, 5.74) is 8.77. The van der Waals surface area contributed by atoms with Crippen LogP contribution in [0.4, 0.5) is 0 Å². The molecule has 4 aromatic rings. The van der Waals surface area contributed by atoms with E-state index in [1.807, 2.05) is 30.3 Å². The Balaban J connectivity index is 1.81. The van der Waals surface area contributed by atoms with E-state index in [0.29, 0.717) is 23.0 Å². The van der Waals surface area contributed by atoms with Gasteiger partial charge in [-0.25, -0.2) is 4.52 Å². The molecule has 0 aliphatic heterocycles. The zero-order chi connectivity index (χ0) is 16.7. The predicted molar refractivity (Wildman–Crippen MR) is 91.1 cm³/mol. The predicted octanol–water partition coefficient (Wildman–Crippen LogP) is 1.87. The van der Waals surface area contributed by atoms with Gasteiger partial charge in [0.2, 0.25) is 5.91 Å². The van der Waals surface area contributed by atoms with Crippen LogP contribution in [0.3, 0.4) is 0 Å². The maximum Gasteiger partial charge on any atom is 0.259 e. The van der Waals surface area contributed by atoms with Crippen molar-refractivity contribution in [2.45, 2.75) is 6.42 Å². The second-order valence-corrected chi connectivity index (χ2v) is 5.65. The number of nitrogens with zero attached hydrogens (tertiary/aromatic N) is 2. The number of carbonyl (C=O) groups excluding carboxylic acids is 1. The Kier molecular flexibility index (Phi) is 3.16. The van der Waals surface area contributed by atoms with Crippen molar-refractivity contribution in [1.29, 1.82) is 0 Å². The molecule has 1 amide bonds. The number of fused-ring (bicyclic) bond motifs is 3. The lowest BCUT2D eigenvalue weighted by molar-refractivity contribution is 0.1000. The molecule has 0 saturated carbocycles. The van der Waals surface area contributed by atoms with Crippen molar-refractivity contribution in [3.8, 4) is 0 Å². The lowest BCUT2D eigenvalue weighted by atomic mass is 10.1. The SMILES string of the molecule is NC(=O)c1cccc(Cc2cc3[nH]c(=O)c4ccccc4n3n2)c1. The number of amides is 1. The average Bonchev–Trinajstić information content (AvgIpc) is 2.98. The summed E-state index contributed by atoms with van der Waals surface area (Å²) in [5.74, 6) is -0.456. The molecule has 0 bridgehead atoms. The molecule has 4 rings (SSSR count). The maximum atomic E-state index is 12.1. The van der Waals surface area contributed by atoms with Crippen molar-refractivity contribution in [1.82, 2.24) is 14.6 Å². The molecular formula is C18H14N4O2. The molecule has 0 spiro atoms. The Morgan fingerprint density at radius 2 is 1.96 bits per heavy atom. The number of hydrogen-bond donors (Lipinski definition) is 2. The number of aromatic nitrogens is 3. The third kappa shape index (κ3) is 2.34. The monoisotopic (exact) mass is 318 g/mol. The Labute approximate surface area is 136 Å². The van der Waals surface area contributed by atoms with Crippen molar-refractivity contribution in [2.75, 3.05) is 0 Å². The molecule has 0 unspecified atom stereocenters. The van der Waals surface area contributed by atoms with Crippen LogP contribution in [0.2, 0.25) is 0 Å². The van der Waals surface area contributed by atoms with Gasteiger partial charge in [-0.05, 0) is 29.8 Å². The first-order chi connectivity index (χ1) is 11.6. The van der Waals surface area contributed by atoms with Crippen molar-refractivity contribution in [2.24, 2.45) is 5.73 Å². The summed E-state index contributed by atoms with van der Waals surface area (Å²) in [5, 5.41) is 5.18. The average molecular weight is 318 g/mol. The number of primary amides is 1. The van der Waals surface area contributed by atoms with Crippen LogP contribution in [-0.2, 0) is 6.42 Å². The Morgan fingerprint density at radius 1 is 1.12 bits per heavy atom. The van der Waals surface area contributed by atoms with Crippen LogP contribution in [0.25, 0.3) is 16.6 Å². The summed E-state index contributed by atoms with van der Waals surface area (Å²) < 4.78 is 1.73. The van der Waals surface area contributed by atoms with E-state index in [1.165, 1.54) is 0 Å². The number of para-hydroxylation sites is 1. The van der Waals surface area contributed by atoms with E-state index in [9.17, 15) is 9.59 Å². The summed E-state index contributed by atoms with van der Waals surface area (Å²) in [6.07, 6.45) is 0.541. The minimum Gasteiger partial charge on any atom is -0.366 e. The van der Waals surface area contributed by atoms with Gasteiger partial charge in [-0.15, -0.1) is 0 Å². The number of hydrogen-bond acceptors (Lipinski definition) is 3. The summed E-state index contributed by atoms with van der Waals surface area (Å²) in [6, 6.07) is 16.3. The second-order valence-electron chi connectivity index (χ2n) is 5.65. The van der Waals surface area contributed by atoms with E-state index < -0.39 is 5.91 Å². The minimum absolute atomic E-state index is 0.139. The zero-order valence-corrected chi connectivity index (χ0v) is 12.7. The van der Waals surface area contributed by atoms with E-state index in [1.54, 1.807) is 28.8 Å². The zero-order valence-electron chi connectivity index (χ0n) is 12.7. The van der Waals surface area contributed by atoms with E-state index in [0.717, 1.165) is 16.8 Å². The Bertz CT molecular complexity index is 1140. The van der Waals surface area contributed by atoms with Crippen LogP contribution < -0.4 is 11.3 Å². The highest BCUT2D eigenvalue weighted by Gasteiger charge is 2.09. The van der Waals surface area contributed by atoms with Crippen LogP contribution in [0, 0.1) is 0 Å². The van der Waals surface area contributed by atoms with Gasteiger partial charge in [0.25, 0.3) is 5.56 Å². The van der Waals surface area contributed by atoms with Gasteiger partial charge in [0.05, 0.1) is 16.6 Å². The molecule has 24 heavy (non-hydrogen) atoms. The quantitative estimate of drug-likeness (QED) is 0.604. The first kappa shape index (κ1) is 14.2. The summed E-state index contributed by atoms with van der Waals surface area (Å²) in [6.45, 7) is 0. The number of aromatic amines is 1. The molecule has 0 aliphatic rings. The van der Waals surface area contributed by atoms with Crippen LogP contribution >= 0.6 is 0 Å². The van der Waals surface area contributed by atoms with Gasteiger partial charge < -0.3 is 10.7 Å². The summed E-state index contributed by atoms with van der Waals surface area (Å²) >= 11 is 0. The van der Waals surface area contributed by atoms with Crippen molar-refractivity contribution in [3.05, 3.63) is 81.8 Å². The highest BCUT2D eigenvalue weighted by atomic mass is 16.1. The topological polar surface area (TPSA) is 93.2 Å². The largest absolute Gasteiger partial charge is 0.366 e. The number of benzene rings is 2. The van der Waals surface area contributed by atoms with E-state index in [2.05, 4.69) is 10.1 Å². The Morgan fingerprint density at radius 3 is 2.79 bits per heavy atom. The van der Waals surface area contributed by atoms with Crippen molar-refractivity contribution >= 4 is 22.5 Å².